The number of Topliss-reactive ketones (excluding diaryl/α,β-unsaturated/α-hetero) is 1. The number of carbonyl (C=O) groups excluding carboxylic acids is 2. The Morgan fingerprint density at radius 1 is 1.18 bits per heavy atom. The Balaban J connectivity index is 1.59. The van der Waals surface area contributed by atoms with Crippen molar-refractivity contribution in [1.82, 2.24) is 5.32 Å². The Hall–Kier alpha value is -3.86. The Morgan fingerprint density at radius 2 is 1.87 bits per heavy atom. The van der Waals surface area contributed by atoms with Gasteiger partial charge < -0.3 is 29.5 Å². The van der Waals surface area contributed by atoms with Crippen molar-refractivity contribution >= 4 is 17.4 Å². The lowest BCUT2D eigenvalue weighted by Crippen LogP contribution is -2.99. The Morgan fingerprint density at radius 3 is 2.53 bits per heavy atom. The van der Waals surface area contributed by atoms with Crippen LogP contribution in [-0.2, 0) is 20.9 Å². The van der Waals surface area contributed by atoms with Gasteiger partial charge in [-0.1, -0.05) is 26.0 Å². The topological polar surface area (TPSA) is 131 Å². The average Bonchev–Trinajstić information content (AvgIpc) is 3.33. The fraction of sp³-hybridized carbons (Fsp3) is 0.357. The molecule has 10 nitrogen and oxygen atoms in total. The summed E-state index contributed by atoms with van der Waals surface area (Å²) in [6.45, 7) is 5.70. The van der Waals surface area contributed by atoms with Gasteiger partial charge in [-0.15, -0.1) is 0 Å². The number of dihydropyridines is 1. The molecular formula is C28H30N2O8. The van der Waals surface area contributed by atoms with Gasteiger partial charge in [-0.25, -0.2) is 10.0 Å². The van der Waals surface area contributed by atoms with Crippen LogP contribution in [0.15, 0.2) is 58.9 Å². The fourth-order valence-corrected chi connectivity index (χ4v) is 5.35. The first-order valence-corrected chi connectivity index (χ1v) is 12.3. The Bertz CT molecular complexity index is 1360. The number of allylic oxidation sites excluding steroid dienone is 3. The lowest BCUT2D eigenvalue weighted by atomic mass is 9.68. The minimum Gasteiger partial charge on any atom is -0.595 e. The maximum atomic E-state index is 13.6. The van der Waals surface area contributed by atoms with Crippen LogP contribution in [0.5, 0.6) is 17.2 Å². The summed E-state index contributed by atoms with van der Waals surface area (Å²) in [6.07, 6.45) is 0.841. The molecule has 0 spiro atoms. The Labute approximate surface area is 220 Å². The number of nitrogens with one attached hydrogen (secondary N) is 2. The minimum atomic E-state index is -1.20. The van der Waals surface area contributed by atoms with Crippen molar-refractivity contribution in [3.05, 3.63) is 75.3 Å². The summed E-state index contributed by atoms with van der Waals surface area (Å²) in [5.74, 6) is -0.395. The summed E-state index contributed by atoms with van der Waals surface area (Å²) in [4.78, 5) is 27.2. The number of ketones is 1. The van der Waals surface area contributed by atoms with Gasteiger partial charge in [-0.05, 0) is 42.5 Å². The van der Waals surface area contributed by atoms with E-state index in [4.69, 9.17) is 18.9 Å². The molecule has 0 bridgehead atoms. The van der Waals surface area contributed by atoms with Crippen LogP contribution in [0.1, 0.15) is 50.7 Å². The summed E-state index contributed by atoms with van der Waals surface area (Å²) in [7, 11) is 1.57. The van der Waals surface area contributed by atoms with Crippen LogP contribution >= 0.6 is 0 Å². The van der Waals surface area contributed by atoms with E-state index in [9.17, 15) is 20.0 Å². The maximum Gasteiger partial charge on any atom is 0.337 e. The van der Waals surface area contributed by atoms with Crippen LogP contribution in [0.2, 0.25) is 0 Å². The number of methoxy groups -OCH3 is 1. The quantitative estimate of drug-likeness (QED) is 0.387. The lowest BCUT2D eigenvalue weighted by molar-refractivity contribution is -0.991. The van der Waals surface area contributed by atoms with Crippen molar-refractivity contribution in [2.24, 2.45) is 5.41 Å². The van der Waals surface area contributed by atoms with Crippen molar-refractivity contribution in [3.8, 4) is 17.2 Å². The molecule has 0 radical (unpaired) electrons. The van der Waals surface area contributed by atoms with Gasteiger partial charge in [-0.3, -0.25) is 4.79 Å². The second-order valence-corrected chi connectivity index (χ2v) is 10.5. The summed E-state index contributed by atoms with van der Waals surface area (Å²) < 4.78 is 21.8. The van der Waals surface area contributed by atoms with E-state index in [1.165, 1.54) is 6.07 Å². The molecule has 2 aromatic carbocycles. The van der Waals surface area contributed by atoms with Gasteiger partial charge in [0.15, 0.2) is 23.0 Å². The van der Waals surface area contributed by atoms with E-state index in [2.05, 4.69) is 5.32 Å². The normalized spacial score (nSPS) is 20.6. The summed E-state index contributed by atoms with van der Waals surface area (Å²) >= 11 is 0. The highest BCUT2D eigenvalue weighted by atomic mass is 16.8. The van der Waals surface area contributed by atoms with Gasteiger partial charge in [0.05, 0.1) is 18.6 Å². The first kappa shape index (κ1) is 25.8. The maximum absolute atomic E-state index is 13.6. The van der Waals surface area contributed by atoms with Gasteiger partial charge in [0.1, 0.15) is 12.4 Å². The zero-order chi connectivity index (χ0) is 27.2. The largest absolute Gasteiger partial charge is 0.595 e. The number of quaternary nitrogens is 1. The van der Waals surface area contributed by atoms with Crippen molar-refractivity contribution < 1.29 is 39.0 Å². The Kier molecular flexibility index (Phi) is 6.64. The second kappa shape index (κ2) is 9.79. The zero-order valence-electron chi connectivity index (χ0n) is 21.7. The summed E-state index contributed by atoms with van der Waals surface area (Å²) in [5, 5.41) is 24.5. The third kappa shape index (κ3) is 4.73. The highest BCUT2D eigenvalue weighted by Crippen LogP contribution is 2.50. The highest BCUT2D eigenvalue weighted by Gasteiger charge is 2.45. The van der Waals surface area contributed by atoms with E-state index >= 15 is 0 Å². The lowest BCUT2D eigenvalue weighted by Gasteiger charge is -2.39. The number of rotatable bonds is 6. The summed E-state index contributed by atoms with van der Waals surface area (Å²) in [5.41, 5.74) is 2.44. The molecule has 10 heteroatoms. The molecule has 2 heterocycles. The highest BCUT2D eigenvalue weighted by molar-refractivity contribution is 6.04. The van der Waals surface area contributed by atoms with Crippen LogP contribution in [0.4, 0.5) is 5.69 Å². The zero-order valence-corrected chi connectivity index (χ0v) is 21.7. The first-order chi connectivity index (χ1) is 18.1. The van der Waals surface area contributed by atoms with Crippen molar-refractivity contribution in [1.29, 1.82) is 0 Å². The molecular weight excluding hydrogens is 492 g/mol. The fourth-order valence-electron chi connectivity index (χ4n) is 5.35. The van der Waals surface area contributed by atoms with Crippen LogP contribution in [0, 0.1) is 10.6 Å². The van der Waals surface area contributed by atoms with Crippen molar-refractivity contribution in [2.75, 3.05) is 13.9 Å². The van der Waals surface area contributed by atoms with Crippen molar-refractivity contribution in [2.45, 2.75) is 46.1 Å². The van der Waals surface area contributed by atoms with E-state index in [0.717, 1.165) is 5.56 Å². The number of benzene rings is 2. The molecule has 2 atom stereocenters. The van der Waals surface area contributed by atoms with Gasteiger partial charge in [0.25, 0.3) is 0 Å². The molecule has 2 aliphatic heterocycles. The number of fused-ring (bicyclic) bond motifs is 1. The van der Waals surface area contributed by atoms with Gasteiger partial charge in [0, 0.05) is 35.0 Å². The first-order valence-electron chi connectivity index (χ1n) is 12.3. The molecule has 1 aliphatic carbocycles. The van der Waals surface area contributed by atoms with E-state index in [-0.39, 0.29) is 47.8 Å². The SMILES string of the molecule is COc1ccc(COC(=O)C2=C(C)NC3=C(C(=O)CC(C)(C)C3)C2c2cc3c(cc2[NH+]([O-])O)OCO3)cc1. The monoisotopic (exact) mass is 522 g/mol. The average molecular weight is 523 g/mol. The third-order valence-electron chi connectivity index (χ3n) is 7.07. The third-order valence-corrected chi connectivity index (χ3v) is 7.07. The van der Waals surface area contributed by atoms with E-state index in [0.29, 0.717) is 40.6 Å². The molecule has 2 unspecified atom stereocenters. The molecule has 3 N–H and O–H groups in total. The molecule has 5 rings (SSSR count). The molecule has 2 aromatic rings. The summed E-state index contributed by atoms with van der Waals surface area (Å²) in [6, 6.07) is 10.1. The van der Waals surface area contributed by atoms with Gasteiger partial charge in [-0.2, -0.15) is 5.23 Å². The predicted molar refractivity (Wildman–Crippen MR) is 135 cm³/mol. The van der Waals surface area contributed by atoms with Crippen molar-refractivity contribution in [3.63, 3.8) is 0 Å². The molecule has 0 fully saturated rings. The smallest absolute Gasteiger partial charge is 0.337 e. The molecule has 200 valence electrons. The number of ether oxygens (including phenoxy) is 4. The molecule has 0 saturated carbocycles. The van der Waals surface area contributed by atoms with Crippen LogP contribution in [-0.4, -0.2) is 30.9 Å². The minimum absolute atomic E-state index is 0.00780. The van der Waals surface area contributed by atoms with Crippen LogP contribution in [0.25, 0.3) is 0 Å². The number of hydrogen-bond donors (Lipinski definition) is 3. The molecule has 0 saturated heterocycles. The molecule has 0 amide bonds. The number of esters is 1. The number of carbonyl (C=O) groups is 2. The standard InChI is InChI=1S/C28H30N2O8/c1-15-24(27(32)36-13-16-5-7-17(35-4)8-6-16)25(26-19(29-15)11-28(2,3)12-21(26)31)18-9-22-23(38-14-37-22)10-20(18)30(33)34/h5-10,25,29-30,33H,11-14H2,1-4H3. The van der Waals surface area contributed by atoms with Gasteiger partial charge >= 0.3 is 5.97 Å². The van der Waals surface area contributed by atoms with Gasteiger partial charge in [0.2, 0.25) is 6.79 Å². The second-order valence-electron chi connectivity index (χ2n) is 10.5. The van der Waals surface area contributed by atoms with Crippen LogP contribution in [0.3, 0.4) is 0 Å². The predicted octanol–water partition coefficient (Wildman–Crippen LogP) is 3.17. The van der Waals surface area contributed by atoms with E-state index < -0.39 is 17.1 Å². The molecule has 0 aromatic heterocycles. The molecule has 38 heavy (non-hydrogen) atoms. The van der Waals surface area contributed by atoms with E-state index in [1.807, 2.05) is 13.8 Å². The number of hydrogen-bond acceptors (Lipinski definition) is 9. The van der Waals surface area contributed by atoms with E-state index in [1.54, 1.807) is 44.4 Å². The van der Waals surface area contributed by atoms with Crippen LogP contribution < -0.4 is 24.8 Å². The molecule has 3 aliphatic rings.